The van der Waals surface area contributed by atoms with Crippen molar-refractivity contribution >= 4 is 16.8 Å². The summed E-state index contributed by atoms with van der Waals surface area (Å²) in [5, 5.41) is 0.752. The first kappa shape index (κ1) is 16.3. The molecule has 1 aromatic carbocycles. The monoisotopic (exact) mass is 349 g/mol. The second-order valence-electron chi connectivity index (χ2n) is 6.55. The van der Waals surface area contributed by atoms with Crippen LogP contribution >= 0.6 is 0 Å². The number of ether oxygens (including phenoxy) is 1. The maximum absolute atomic E-state index is 13.0. The van der Waals surface area contributed by atoms with E-state index in [0.717, 1.165) is 17.4 Å². The molecule has 1 saturated heterocycles. The molecule has 0 bridgehead atoms. The molecule has 0 saturated carbocycles. The molecule has 1 aliphatic heterocycles. The van der Waals surface area contributed by atoms with E-state index in [9.17, 15) is 9.59 Å². The van der Waals surface area contributed by atoms with Gasteiger partial charge in [-0.15, -0.1) is 0 Å². The van der Waals surface area contributed by atoms with E-state index in [-0.39, 0.29) is 17.6 Å². The summed E-state index contributed by atoms with van der Waals surface area (Å²) in [5.74, 6) is 0.423. The number of rotatable bonds is 3. The molecule has 0 aliphatic carbocycles. The van der Waals surface area contributed by atoms with Crippen LogP contribution in [0.15, 0.2) is 53.5 Å². The fraction of sp³-hybridized carbons (Fsp3) is 0.250. The number of hydrogen-bond acceptors (Lipinski definition) is 4. The van der Waals surface area contributed by atoms with Gasteiger partial charge in [0.05, 0.1) is 12.1 Å². The van der Waals surface area contributed by atoms with Crippen LogP contribution < -0.4 is 10.3 Å². The van der Waals surface area contributed by atoms with Crippen molar-refractivity contribution in [3.05, 3.63) is 70.1 Å². The lowest BCUT2D eigenvalue weighted by atomic mass is 10.1. The van der Waals surface area contributed by atoms with Crippen LogP contribution in [-0.4, -0.2) is 40.0 Å². The zero-order valence-electron chi connectivity index (χ0n) is 14.4. The second kappa shape index (κ2) is 6.63. The van der Waals surface area contributed by atoms with Crippen molar-refractivity contribution in [2.45, 2.75) is 19.4 Å². The third kappa shape index (κ3) is 3.18. The normalized spacial score (nSPS) is 16.8. The Balaban J connectivity index is 1.53. The standard InChI is InChI=1S/C20H19N3O3/c1-13-6-7-19(21-11-13)26-14-8-9-23(12-14)20(25)16-10-18(24)22-17-5-3-2-4-15(16)17/h2-7,10-11,14H,8-9,12H2,1H3,(H,22,24). The first-order valence-electron chi connectivity index (χ1n) is 8.61. The minimum absolute atomic E-state index is 0.0950. The number of likely N-dealkylation sites (tertiary alicyclic amines) is 1. The Morgan fingerprint density at radius 3 is 2.92 bits per heavy atom. The molecule has 26 heavy (non-hydrogen) atoms. The van der Waals surface area contributed by atoms with E-state index in [1.807, 2.05) is 37.3 Å². The van der Waals surface area contributed by atoms with Gasteiger partial charge in [0.15, 0.2) is 0 Å². The molecule has 6 heteroatoms. The van der Waals surface area contributed by atoms with Crippen molar-refractivity contribution in [2.75, 3.05) is 13.1 Å². The molecule has 1 N–H and O–H groups in total. The summed E-state index contributed by atoms with van der Waals surface area (Å²) in [5.41, 5.74) is 1.89. The van der Waals surface area contributed by atoms with Crippen molar-refractivity contribution in [1.82, 2.24) is 14.9 Å². The molecular formula is C20H19N3O3. The fourth-order valence-electron chi connectivity index (χ4n) is 3.26. The summed E-state index contributed by atoms with van der Waals surface area (Å²) >= 11 is 0. The fourth-order valence-corrected chi connectivity index (χ4v) is 3.26. The van der Waals surface area contributed by atoms with Crippen LogP contribution in [0.5, 0.6) is 5.88 Å². The van der Waals surface area contributed by atoms with Crippen molar-refractivity contribution in [3.8, 4) is 5.88 Å². The van der Waals surface area contributed by atoms with Gasteiger partial charge in [-0.1, -0.05) is 24.3 Å². The lowest BCUT2D eigenvalue weighted by Crippen LogP contribution is -2.32. The van der Waals surface area contributed by atoms with E-state index in [0.29, 0.717) is 30.0 Å². The van der Waals surface area contributed by atoms with Crippen LogP contribution in [0, 0.1) is 6.92 Å². The first-order chi connectivity index (χ1) is 12.6. The van der Waals surface area contributed by atoms with E-state index >= 15 is 0 Å². The number of para-hydroxylation sites is 1. The molecule has 3 heterocycles. The van der Waals surface area contributed by atoms with Gasteiger partial charge >= 0.3 is 0 Å². The number of pyridine rings is 2. The number of carbonyl (C=O) groups is 1. The van der Waals surface area contributed by atoms with Gasteiger partial charge in [-0.3, -0.25) is 9.59 Å². The quantitative estimate of drug-likeness (QED) is 0.788. The number of nitrogens with one attached hydrogen (secondary N) is 1. The van der Waals surface area contributed by atoms with Crippen LogP contribution in [0.2, 0.25) is 0 Å². The number of aryl methyl sites for hydroxylation is 1. The van der Waals surface area contributed by atoms with Crippen LogP contribution in [0.3, 0.4) is 0 Å². The van der Waals surface area contributed by atoms with Gasteiger partial charge in [0, 0.05) is 42.2 Å². The Morgan fingerprint density at radius 2 is 2.12 bits per heavy atom. The number of carbonyl (C=O) groups excluding carboxylic acids is 1. The average molecular weight is 349 g/mol. The SMILES string of the molecule is Cc1ccc(OC2CCN(C(=O)c3cc(=O)[nH]c4ccccc34)C2)nc1. The Kier molecular flexibility index (Phi) is 4.16. The molecule has 1 fully saturated rings. The predicted molar refractivity (Wildman–Crippen MR) is 98.5 cm³/mol. The minimum Gasteiger partial charge on any atom is -0.472 e. The highest BCUT2D eigenvalue weighted by atomic mass is 16.5. The summed E-state index contributed by atoms with van der Waals surface area (Å²) < 4.78 is 5.88. The molecule has 132 valence electrons. The number of hydrogen-bond donors (Lipinski definition) is 1. The second-order valence-corrected chi connectivity index (χ2v) is 6.55. The molecule has 1 atom stereocenters. The van der Waals surface area contributed by atoms with Crippen molar-refractivity contribution < 1.29 is 9.53 Å². The predicted octanol–water partition coefficient (Wildman–Crippen LogP) is 2.53. The van der Waals surface area contributed by atoms with Crippen molar-refractivity contribution in [1.29, 1.82) is 0 Å². The van der Waals surface area contributed by atoms with Crippen LogP contribution in [0.1, 0.15) is 22.3 Å². The van der Waals surface area contributed by atoms with E-state index in [2.05, 4.69) is 9.97 Å². The number of amides is 1. The van der Waals surface area contributed by atoms with Crippen LogP contribution in [0.4, 0.5) is 0 Å². The van der Waals surface area contributed by atoms with E-state index in [4.69, 9.17) is 4.74 Å². The van der Waals surface area contributed by atoms with Crippen molar-refractivity contribution in [2.24, 2.45) is 0 Å². The lowest BCUT2D eigenvalue weighted by Gasteiger charge is -2.18. The van der Waals surface area contributed by atoms with Gasteiger partial charge < -0.3 is 14.6 Å². The maximum atomic E-state index is 13.0. The van der Waals surface area contributed by atoms with Gasteiger partial charge in [0.1, 0.15) is 6.10 Å². The number of benzene rings is 1. The Labute approximate surface area is 150 Å². The molecule has 3 aromatic rings. The Hall–Kier alpha value is -3.15. The molecule has 4 rings (SSSR count). The molecule has 0 spiro atoms. The smallest absolute Gasteiger partial charge is 0.254 e. The number of H-pyrrole nitrogens is 1. The highest BCUT2D eigenvalue weighted by Crippen LogP contribution is 2.21. The van der Waals surface area contributed by atoms with E-state index in [1.165, 1.54) is 6.07 Å². The van der Waals surface area contributed by atoms with Crippen LogP contribution in [-0.2, 0) is 0 Å². The third-order valence-electron chi connectivity index (χ3n) is 4.58. The summed E-state index contributed by atoms with van der Waals surface area (Å²) in [6.07, 6.45) is 2.40. The van der Waals surface area contributed by atoms with Crippen molar-refractivity contribution in [3.63, 3.8) is 0 Å². The lowest BCUT2D eigenvalue weighted by molar-refractivity contribution is 0.0773. The minimum atomic E-state index is -0.275. The topological polar surface area (TPSA) is 75.3 Å². The maximum Gasteiger partial charge on any atom is 0.254 e. The summed E-state index contributed by atoms with van der Waals surface area (Å²) in [6.45, 7) is 3.05. The zero-order chi connectivity index (χ0) is 18.1. The summed E-state index contributed by atoms with van der Waals surface area (Å²) in [4.78, 5) is 33.6. The van der Waals surface area contributed by atoms with Gasteiger partial charge in [-0.25, -0.2) is 4.98 Å². The molecule has 2 aromatic heterocycles. The number of aromatic nitrogens is 2. The van der Waals surface area contributed by atoms with E-state index < -0.39 is 0 Å². The Bertz CT molecular complexity index is 1010. The van der Waals surface area contributed by atoms with Gasteiger partial charge in [-0.05, 0) is 18.6 Å². The number of nitrogens with zero attached hydrogens (tertiary/aromatic N) is 2. The molecule has 0 radical (unpaired) electrons. The molecule has 1 amide bonds. The average Bonchev–Trinajstić information content (AvgIpc) is 3.11. The molecule has 1 unspecified atom stereocenters. The van der Waals surface area contributed by atoms with Gasteiger partial charge in [0.25, 0.3) is 5.91 Å². The van der Waals surface area contributed by atoms with Gasteiger partial charge in [-0.2, -0.15) is 0 Å². The van der Waals surface area contributed by atoms with Gasteiger partial charge in [0.2, 0.25) is 11.4 Å². The van der Waals surface area contributed by atoms with Crippen LogP contribution in [0.25, 0.3) is 10.9 Å². The molecule has 1 aliphatic rings. The third-order valence-corrected chi connectivity index (χ3v) is 4.58. The first-order valence-corrected chi connectivity index (χ1v) is 8.61. The summed E-state index contributed by atoms with van der Waals surface area (Å²) in [6, 6.07) is 12.5. The largest absolute Gasteiger partial charge is 0.472 e. The highest BCUT2D eigenvalue weighted by molar-refractivity contribution is 6.06. The summed E-state index contributed by atoms with van der Waals surface area (Å²) in [7, 11) is 0. The molecule has 6 nitrogen and oxygen atoms in total. The zero-order valence-corrected chi connectivity index (χ0v) is 14.4. The number of aromatic amines is 1. The highest BCUT2D eigenvalue weighted by Gasteiger charge is 2.29. The Morgan fingerprint density at radius 1 is 1.27 bits per heavy atom. The number of fused-ring (bicyclic) bond motifs is 1. The van der Waals surface area contributed by atoms with E-state index in [1.54, 1.807) is 17.2 Å². The molecular weight excluding hydrogens is 330 g/mol.